The molecule has 138 valence electrons. The summed E-state index contributed by atoms with van der Waals surface area (Å²) in [4.78, 5) is 14.2. The summed E-state index contributed by atoms with van der Waals surface area (Å²) >= 11 is 8.11. The number of benzene rings is 1. The van der Waals surface area contributed by atoms with Gasteiger partial charge in [-0.05, 0) is 55.3 Å². The largest absolute Gasteiger partial charge is 0.292 e. The normalized spacial score (nSPS) is 12.7. The molecule has 4 nitrogen and oxygen atoms in total. The third-order valence-electron chi connectivity index (χ3n) is 4.87. The molecular weight excluding hydrogens is 366 g/mol. The van der Waals surface area contributed by atoms with Crippen LogP contribution in [-0.4, -0.2) is 20.4 Å². The van der Waals surface area contributed by atoms with E-state index in [2.05, 4.69) is 19.9 Å². The molecule has 3 aromatic rings. The minimum absolute atomic E-state index is 0.0361. The maximum absolute atomic E-state index is 13.2. The van der Waals surface area contributed by atoms with E-state index in [1.54, 1.807) is 27.9 Å². The third kappa shape index (κ3) is 3.19. The van der Waals surface area contributed by atoms with Crippen LogP contribution in [0.3, 0.4) is 0 Å². The molecule has 0 spiro atoms. The van der Waals surface area contributed by atoms with Gasteiger partial charge in [-0.15, -0.1) is 16.9 Å². The molecule has 0 saturated carbocycles. The molecule has 26 heavy (non-hydrogen) atoms. The molecule has 0 aliphatic rings. The molecule has 0 amide bonds. The van der Waals surface area contributed by atoms with Gasteiger partial charge in [0.05, 0.1) is 5.02 Å². The molecule has 0 radical (unpaired) electrons. The predicted octanol–water partition coefficient (Wildman–Crippen LogP) is 5.29. The smallest absolute Gasteiger partial charge is 0.278 e. The average Bonchev–Trinajstić information content (AvgIpc) is 2.95. The standard InChI is InChI=1S/C20H24ClN3OS/c1-6-7-12(2)16-10-13(3)24-18(16)20(25)23(4)19(22-24)15-9-8-14(26-5)11-17(15)21/h8-12H,6-7H2,1-5H3/t12-/m1/s1. The average molecular weight is 390 g/mol. The van der Waals surface area contributed by atoms with Gasteiger partial charge in [-0.2, -0.15) is 0 Å². The number of aromatic nitrogens is 3. The first-order chi connectivity index (χ1) is 12.4. The highest BCUT2D eigenvalue weighted by Crippen LogP contribution is 2.31. The fourth-order valence-electron chi connectivity index (χ4n) is 3.42. The van der Waals surface area contributed by atoms with E-state index in [9.17, 15) is 4.79 Å². The molecule has 0 fully saturated rings. The fraction of sp³-hybridized carbons (Fsp3) is 0.400. The van der Waals surface area contributed by atoms with Gasteiger partial charge in [-0.25, -0.2) is 4.52 Å². The van der Waals surface area contributed by atoms with Crippen molar-refractivity contribution >= 4 is 28.9 Å². The molecule has 6 heteroatoms. The van der Waals surface area contributed by atoms with Crippen LogP contribution in [0.1, 0.15) is 43.9 Å². The summed E-state index contributed by atoms with van der Waals surface area (Å²) in [6.07, 6.45) is 4.14. The number of rotatable bonds is 5. The Morgan fingerprint density at radius 3 is 2.65 bits per heavy atom. The van der Waals surface area contributed by atoms with E-state index in [1.165, 1.54) is 0 Å². The van der Waals surface area contributed by atoms with Crippen molar-refractivity contribution in [2.24, 2.45) is 7.05 Å². The monoisotopic (exact) mass is 389 g/mol. The first kappa shape index (κ1) is 19.1. The molecule has 2 heterocycles. The van der Waals surface area contributed by atoms with Crippen LogP contribution in [0, 0.1) is 6.92 Å². The van der Waals surface area contributed by atoms with E-state index >= 15 is 0 Å². The topological polar surface area (TPSA) is 39.3 Å². The van der Waals surface area contributed by atoms with Crippen molar-refractivity contribution in [2.45, 2.75) is 44.4 Å². The van der Waals surface area contributed by atoms with Crippen LogP contribution in [0.4, 0.5) is 0 Å². The van der Waals surface area contributed by atoms with Gasteiger partial charge in [0.15, 0.2) is 5.82 Å². The molecule has 0 N–H and O–H groups in total. The van der Waals surface area contributed by atoms with Gasteiger partial charge in [0.1, 0.15) is 5.52 Å². The van der Waals surface area contributed by atoms with E-state index in [0.29, 0.717) is 22.3 Å². The number of hydrogen-bond acceptors (Lipinski definition) is 3. The second-order valence-corrected chi connectivity index (χ2v) is 8.01. The molecule has 0 unspecified atom stereocenters. The van der Waals surface area contributed by atoms with E-state index in [-0.39, 0.29) is 5.56 Å². The van der Waals surface area contributed by atoms with E-state index < -0.39 is 0 Å². The van der Waals surface area contributed by atoms with Crippen LogP contribution in [0.15, 0.2) is 34.0 Å². The lowest BCUT2D eigenvalue weighted by Gasteiger charge is -2.13. The Labute approximate surface area is 163 Å². The minimum Gasteiger partial charge on any atom is -0.292 e. The minimum atomic E-state index is -0.0361. The summed E-state index contributed by atoms with van der Waals surface area (Å²) in [5, 5.41) is 5.37. The second-order valence-electron chi connectivity index (χ2n) is 6.72. The van der Waals surface area contributed by atoms with Crippen LogP contribution in [0.25, 0.3) is 16.9 Å². The van der Waals surface area contributed by atoms with E-state index in [0.717, 1.165) is 34.6 Å². The Balaban J connectivity index is 2.26. The lowest BCUT2D eigenvalue weighted by atomic mass is 9.97. The van der Waals surface area contributed by atoms with Gasteiger partial charge in [0.25, 0.3) is 5.56 Å². The van der Waals surface area contributed by atoms with Crippen molar-refractivity contribution in [1.82, 2.24) is 14.2 Å². The van der Waals surface area contributed by atoms with Crippen LogP contribution in [-0.2, 0) is 7.05 Å². The Kier molecular flexibility index (Phi) is 5.49. The zero-order valence-corrected chi connectivity index (χ0v) is 17.4. The van der Waals surface area contributed by atoms with Gasteiger partial charge in [0, 0.05) is 23.2 Å². The van der Waals surface area contributed by atoms with Gasteiger partial charge >= 0.3 is 0 Å². The summed E-state index contributed by atoms with van der Waals surface area (Å²) in [5.74, 6) is 0.905. The highest BCUT2D eigenvalue weighted by Gasteiger charge is 2.20. The Hall–Kier alpha value is -1.72. The molecule has 3 rings (SSSR count). The van der Waals surface area contributed by atoms with Crippen LogP contribution in [0.2, 0.25) is 5.02 Å². The Morgan fingerprint density at radius 1 is 1.31 bits per heavy atom. The molecule has 0 aliphatic carbocycles. The number of fused-ring (bicyclic) bond motifs is 1. The van der Waals surface area contributed by atoms with Gasteiger partial charge < -0.3 is 0 Å². The van der Waals surface area contributed by atoms with Crippen molar-refractivity contribution < 1.29 is 0 Å². The van der Waals surface area contributed by atoms with Crippen molar-refractivity contribution in [3.63, 3.8) is 0 Å². The number of hydrogen-bond donors (Lipinski definition) is 0. The van der Waals surface area contributed by atoms with Gasteiger partial charge in [0.2, 0.25) is 0 Å². The third-order valence-corrected chi connectivity index (χ3v) is 5.91. The maximum atomic E-state index is 13.2. The first-order valence-electron chi connectivity index (χ1n) is 8.82. The molecule has 2 aromatic heterocycles. The fourth-order valence-corrected chi connectivity index (χ4v) is 4.19. The van der Waals surface area contributed by atoms with Crippen molar-refractivity contribution in [2.75, 3.05) is 6.26 Å². The Bertz CT molecular complexity index is 1020. The number of thioether (sulfide) groups is 1. The number of halogens is 1. The van der Waals surface area contributed by atoms with Crippen molar-refractivity contribution in [3.05, 3.63) is 50.9 Å². The highest BCUT2D eigenvalue weighted by atomic mass is 35.5. The quantitative estimate of drug-likeness (QED) is 0.557. The summed E-state index contributed by atoms with van der Waals surface area (Å²) in [6.45, 7) is 6.32. The summed E-state index contributed by atoms with van der Waals surface area (Å²) in [7, 11) is 1.76. The zero-order chi connectivity index (χ0) is 19.0. The molecule has 0 bridgehead atoms. The molecule has 0 saturated heterocycles. The lowest BCUT2D eigenvalue weighted by Crippen LogP contribution is -2.24. The van der Waals surface area contributed by atoms with Crippen LogP contribution < -0.4 is 5.56 Å². The summed E-state index contributed by atoms with van der Waals surface area (Å²) < 4.78 is 3.38. The maximum Gasteiger partial charge on any atom is 0.278 e. The lowest BCUT2D eigenvalue weighted by molar-refractivity contribution is 0.666. The van der Waals surface area contributed by atoms with Crippen molar-refractivity contribution in [1.29, 1.82) is 0 Å². The zero-order valence-electron chi connectivity index (χ0n) is 15.8. The highest BCUT2D eigenvalue weighted by molar-refractivity contribution is 7.98. The van der Waals surface area contributed by atoms with Crippen LogP contribution in [0.5, 0.6) is 0 Å². The Morgan fingerprint density at radius 2 is 2.04 bits per heavy atom. The first-order valence-corrected chi connectivity index (χ1v) is 10.4. The van der Waals surface area contributed by atoms with Gasteiger partial charge in [-0.1, -0.05) is 31.9 Å². The SMILES string of the molecule is CCC[C@@H](C)c1cc(C)n2nc(-c3ccc(SC)cc3Cl)n(C)c(=O)c12. The number of nitrogens with zero attached hydrogens (tertiary/aromatic N) is 3. The van der Waals surface area contributed by atoms with E-state index in [4.69, 9.17) is 16.7 Å². The van der Waals surface area contributed by atoms with Crippen LogP contribution >= 0.6 is 23.4 Å². The summed E-state index contributed by atoms with van der Waals surface area (Å²) in [5.41, 5.74) is 3.45. The molecule has 1 atom stereocenters. The molecule has 0 aliphatic heterocycles. The van der Waals surface area contributed by atoms with Crippen molar-refractivity contribution in [3.8, 4) is 11.4 Å². The predicted molar refractivity (Wildman–Crippen MR) is 111 cm³/mol. The molecular formula is C20H24ClN3OS. The summed E-state index contributed by atoms with van der Waals surface area (Å²) in [6, 6.07) is 7.93. The number of aryl methyl sites for hydroxylation is 1. The van der Waals surface area contributed by atoms with E-state index in [1.807, 2.05) is 31.4 Å². The second kappa shape index (κ2) is 7.49. The van der Waals surface area contributed by atoms with Gasteiger partial charge in [-0.3, -0.25) is 9.36 Å². The molecule has 1 aromatic carbocycles.